The zero-order valence-electron chi connectivity index (χ0n) is 15.4. The third kappa shape index (κ3) is 6.06. The fraction of sp³-hybridized carbons (Fsp3) is 0.316. The Morgan fingerprint density at radius 3 is 2.44 bits per heavy atom. The number of sulfonamides is 1. The van der Waals surface area contributed by atoms with E-state index in [2.05, 4.69) is 5.32 Å². The molecule has 2 rings (SSSR count). The van der Waals surface area contributed by atoms with Crippen molar-refractivity contribution < 1.29 is 22.7 Å². The zero-order valence-corrected chi connectivity index (χ0v) is 16.2. The topological polar surface area (TPSA) is 108 Å². The van der Waals surface area contributed by atoms with Crippen LogP contribution in [0.1, 0.15) is 28.4 Å². The van der Waals surface area contributed by atoms with Gasteiger partial charge in [0.15, 0.2) is 0 Å². The van der Waals surface area contributed by atoms with Crippen LogP contribution in [0.2, 0.25) is 0 Å². The molecule has 0 atom stereocenters. The molecule has 2 aromatic carbocycles. The summed E-state index contributed by atoms with van der Waals surface area (Å²) < 4.78 is 33.2. The van der Waals surface area contributed by atoms with E-state index in [4.69, 9.17) is 14.6 Å². The Kier molecular flexibility index (Phi) is 7.35. The summed E-state index contributed by atoms with van der Waals surface area (Å²) in [6, 6.07) is 11.5. The Hall–Kier alpha value is -2.42. The van der Waals surface area contributed by atoms with Crippen LogP contribution in [-0.2, 0) is 27.8 Å². The normalized spacial score (nSPS) is 11.2. The van der Waals surface area contributed by atoms with Crippen LogP contribution < -0.4 is 15.2 Å². The third-order valence-corrected chi connectivity index (χ3v) is 4.88. The maximum atomic E-state index is 12.4. The van der Waals surface area contributed by atoms with Crippen molar-refractivity contribution in [2.45, 2.75) is 24.8 Å². The van der Waals surface area contributed by atoms with Gasteiger partial charge < -0.3 is 14.8 Å². The number of rotatable bonds is 9. The summed E-state index contributed by atoms with van der Waals surface area (Å²) >= 11 is 0. The average molecular weight is 392 g/mol. The molecular formula is C19H24N2O5S. The molecule has 2 aromatic rings. The van der Waals surface area contributed by atoms with Gasteiger partial charge in [-0.05, 0) is 49.2 Å². The highest BCUT2D eigenvalue weighted by Gasteiger charge is 2.11. The van der Waals surface area contributed by atoms with Crippen molar-refractivity contribution in [1.82, 2.24) is 5.32 Å². The lowest BCUT2D eigenvalue weighted by molar-refractivity contribution is 0.0953. The van der Waals surface area contributed by atoms with Crippen LogP contribution in [0.5, 0.6) is 5.75 Å². The standard InChI is InChI=1S/C19H24N2O5S/c1-3-26-13-16-12-15(6-9-18(16)25-2)19(22)21-11-10-14-4-7-17(8-5-14)27(20,23)24/h4-9,12H,3,10-11,13H2,1-2H3,(H,21,22)(H2,20,23,24). The Bertz CT molecular complexity index is 879. The summed E-state index contributed by atoms with van der Waals surface area (Å²) in [7, 11) is -2.12. The van der Waals surface area contributed by atoms with Gasteiger partial charge in [-0.25, -0.2) is 13.6 Å². The molecule has 8 heteroatoms. The van der Waals surface area contributed by atoms with Gasteiger partial charge in [0.25, 0.3) is 5.91 Å². The van der Waals surface area contributed by atoms with E-state index in [1.54, 1.807) is 37.4 Å². The van der Waals surface area contributed by atoms with Gasteiger partial charge in [-0.3, -0.25) is 4.79 Å². The fourth-order valence-electron chi connectivity index (χ4n) is 2.51. The monoisotopic (exact) mass is 392 g/mol. The maximum Gasteiger partial charge on any atom is 0.251 e. The largest absolute Gasteiger partial charge is 0.496 e. The molecule has 0 saturated heterocycles. The number of ether oxygens (including phenoxy) is 2. The molecule has 0 aliphatic carbocycles. The highest BCUT2D eigenvalue weighted by molar-refractivity contribution is 7.89. The van der Waals surface area contributed by atoms with Crippen molar-refractivity contribution in [2.75, 3.05) is 20.3 Å². The van der Waals surface area contributed by atoms with Gasteiger partial charge >= 0.3 is 0 Å². The smallest absolute Gasteiger partial charge is 0.251 e. The maximum absolute atomic E-state index is 12.4. The number of nitrogens with two attached hydrogens (primary N) is 1. The van der Waals surface area contributed by atoms with Crippen molar-refractivity contribution in [2.24, 2.45) is 5.14 Å². The van der Waals surface area contributed by atoms with Crippen molar-refractivity contribution in [3.63, 3.8) is 0 Å². The summed E-state index contributed by atoms with van der Waals surface area (Å²) in [5.41, 5.74) is 2.23. The van der Waals surface area contributed by atoms with E-state index in [0.717, 1.165) is 11.1 Å². The first-order valence-electron chi connectivity index (χ1n) is 8.49. The molecule has 0 aliphatic rings. The molecule has 0 unspecified atom stereocenters. The number of carbonyl (C=O) groups is 1. The Balaban J connectivity index is 1.95. The number of hydrogen-bond donors (Lipinski definition) is 2. The van der Waals surface area contributed by atoms with Crippen LogP contribution in [0.15, 0.2) is 47.4 Å². The quantitative estimate of drug-likeness (QED) is 0.677. The molecule has 3 N–H and O–H groups in total. The summed E-state index contributed by atoms with van der Waals surface area (Å²) in [5, 5.41) is 7.92. The van der Waals surface area contributed by atoms with Crippen molar-refractivity contribution in [1.29, 1.82) is 0 Å². The zero-order chi connectivity index (χ0) is 19.9. The highest BCUT2D eigenvalue weighted by Crippen LogP contribution is 2.21. The lowest BCUT2D eigenvalue weighted by atomic mass is 10.1. The van der Waals surface area contributed by atoms with Crippen LogP contribution >= 0.6 is 0 Å². The van der Waals surface area contributed by atoms with Gasteiger partial charge in [0, 0.05) is 24.3 Å². The number of methoxy groups -OCH3 is 1. The number of primary sulfonamides is 1. The van der Waals surface area contributed by atoms with Gasteiger partial charge in [0.2, 0.25) is 10.0 Å². The number of benzene rings is 2. The van der Waals surface area contributed by atoms with Crippen molar-refractivity contribution in [3.8, 4) is 5.75 Å². The second kappa shape index (κ2) is 9.50. The molecular weight excluding hydrogens is 368 g/mol. The number of hydrogen-bond acceptors (Lipinski definition) is 5. The number of nitrogens with one attached hydrogen (secondary N) is 1. The molecule has 1 amide bonds. The molecule has 0 aliphatic heterocycles. The van der Waals surface area contributed by atoms with E-state index >= 15 is 0 Å². The SMILES string of the molecule is CCOCc1cc(C(=O)NCCc2ccc(S(N)(=O)=O)cc2)ccc1OC. The molecule has 7 nitrogen and oxygen atoms in total. The van der Waals surface area contributed by atoms with Crippen molar-refractivity contribution in [3.05, 3.63) is 59.2 Å². The summed E-state index contributed by atoms with van der Waals surface area (Å²) in [6.45, 7) is 3.26. The number of amides is 1. The second-order valence-electron chi connectivity index (χ2n) is 5.86. The van der Waals surface area contributed by atoms with Crippen LogP contribution in [-0.4, -0.2) is 34.6 Å². The summed E-state index contributed by atoms with van der Waals surface area (Å²) in [5.74, 6) is 0.478. The Labute approximate surface area is 159 Å². The van der Waals surface area contributed by atoms with Gasteiger partial charge in [-0.15, -0.1) is 0 Å². The lowest BCUT2D eigenvalue weighted by Crippen LogP contribution is -2.25. The van der Waals surface area contributed by atoms with E-state index in [9.17, 15) is 13.2 Å². The molecule has 0 radical (unpaired) electrons. The third-order valence-electron chi connectivity index (χ3n) is 3.96. The minimum absolute atomic E-state index is 0.0651. The van der Waals surface area contributed by atoms with Gasteiger partial charge in [-0.1, -0.05) is 12.1 Å². The predicted octanol–water partition coefficient (Wildman–Crippen LogP) is 1.85. The fourth-order valence-corrected chi connectivity index (χ4v) is 3.03. The lowest BCUT2D eigenvalue weighted by Gasteiger charge is -2.11. The van der Waals surface area contributed by atoms with Gasteiger partial charge in [0.1, 0.15) is 5.75 Å². The average Bonchev–Trinajstić information content (AvgIpc) is 2.65. The number of carbonyl (C=O) groups excluding carboxylic acids is 1. The molecule has 0 saturated carbocycles. The molecule has 146 valence electrons. The second-order valence-corrected chi connectivity index (χ2v) is 7.42. The van der Waals surface area contributed by atoms with E-state index < -0.39 is 10.0 Å². The van der Waals surface area contributed by atoms with E-state index in [1.165, 1.54) is 12.1 Å². The first kappa shape index (κ1) is 20.9. The Morgan fingerprint density at radius 1 is 1.15 bits per heavy atom. The van der Waals surface area contributed by atoms with Crippen LogP contribution in [0, 0.1) is 0 Å². The molecule has 0 heterocycles. The summed E-state index contributed by atoms with van der Waals surface area (Å²) in [6.07, 6.45) is 0.568. The molecule has 0 spiro atoms. The predicted molar refractivity (Wildman–Crippen MR) is 102 cm³/mol. The first-order chi connectivity index (χ1) is 12.8. The molecule has 0 fully saturated rings. The van der Waals surface area contributed by atoms with E-state index in [0.29, 0.717) is 37.5 Å². The van der Waals surface area contributed by atoms with E-state index in [1.807, 2.05) is 6.92 Å². The Morgan fingerprint density at radius 2 is 1.85 bits per heavy atom. The van der Waals surface area contributed by atoms with Crippen LogP contribution in [0.3, 0.4) is 0 Å². The van der Waals surface area contributed by atoms with Crippen LogP contribution in [0.25, 0.3) is 0 Å². The molecule has 27 heavy (non-hydrogen) atoms. The molecule has 0 bridgehead atoms. The first-order valence-corrected chi connectivity index (χ1v) is 10.0. The minimum atomic E-state index is -3.70. The van der Waals surface area contributed by atoms with Gasteiger partial charge in [-0.2, -0.15) is 0 Å². The highest BCUT2D eigenvalue weighted by atomic mass is 32.2. The van der Waals surface area contributed by atoms with Crippen LogP contribution in [0.4, 0.5) is 0 Å². The summed E-state index contributed by atoms with van der Waals surface area (Å²) in [4.78, 5) is 12.4. The molecule has 0 aromatic heterocycles. The minimum Gasteiger partial charge on any atom is -0.496 e. The van der Waals surface area contributed by atoms with E-state index in [-0.39, 0.29) is 10.8 Å². The van der Waals surface area contributed by atoms with Crippen molar-refractivity contribution >= 4 is 15.9 Å². The van der Waals surface area contributed by atoms with Gasteiger partial charge in [0.05, 0.1) is 18.6 Å².